The summed E-state index contributed by atoms with van der Waals surface area (Å²) in [6.45, 7) is 6.63. The van der Waals surface area contributed by atoms with Gasteiger partial charge in [0.05, 0.1) is 5.92 Å². The zero-order valence-electron chi connectivity index (χ0n) is 14.4. The zero-order chi connectivity index (χ0) is 16.8. The Morgan fingerprint density at radius 1 is 0.917 bits per heavy atom. The van der Waals surface area contributed by atoms with Gasteiger partial charge < -0.3 is 4.90 Å². The molecular formula is C21H26N2O. The van der Waals surface area contributed by atoms with E-state index in [1.807, 2.05) is 23.1 Å². The predicted molar refractivity (Wildman–Crippen MR) is 97.8 cm³/mol. The number of carbonyl (C=O) groups is 1. The number of nitrogens with zero attached hydrogens (tertiary/aromatic N) is 2. The van der Waals surface area contributed by atoms with E-state index in [2.05, 4.69) is 54.3 Å². The summed E-state index contributed by atoms with van der Waals surface area (Å²) in [6, 6.07) is 20.7. The number of amides is 1. The van der Waals surface area contributed by atoms with E-state index in [-0.39, 0.29) is 11.8 Å². The molecule has 1 aliphatic rings. The van der Waals surface area contributed by atoms with Crippen molar-refractivity contribution in [2.45, 2.75) is 25.8 Å². The molecular weight excluding hydrogens is 296 g/mol. The number of hydrogen-bond donors (Lipinski definition) is 0. The Balaban J connectivity index is 1.56. The number of piperazine rings is 1. The Kier molecular flexibility index (Phi) is 5.65. The summed E-state index contributed by atoms with van der Waals surface area (Å²) in [4.78, 5) is 17.4. The van der Waals surface area contributed by atoms with Crippen molar-refractivity contribution in [3.63, 3.8) is 0 Å². The molecule has 3 nitrogen and oxygen atoms in total. The molecule has 2 aromatic carbocycles. The van der Waals surface area contributed by atoms with E-state index in [0.717, 1.165) is 44.7 Å². The van der Waals surface area contributed by atoms with E-state index in [9.17, 15) is 4.79 Å². The first-order chi connectivity index (χ1) is 11.8. The van der Waals surface area contributed by atoms with Gasteiger partial charge in [-0.1, -0.05) is 67.6 Å². The van der Waals surface area contributed by atoms with Gasteiger partial charge in [0.2, 0.25) is 5.91 Å². The molecule has 0 unspecified atom stereocenters. The number of carbonyl (C=O) groups excluding carboxylic acids is 1. The molecule has 3 rings (SSSR count). The molecule has 0 bridgehead atoms. The molecule has 1 saturated heterocycles. The second-order valence-electron chi connectivity index (χ2n) is 6.46. The third-order valence-electron chi connectivity index (χ3n) is 4.84. The van der Waals surface area contributed by atoms with Gasteiger partial charge in [-0.3, -0.25) is 9.69 Å². The Morgan fingerprint density at radius 3 is 2.08 bits per heavy atom. The highest BCUT2D eigenvalue weighted by Crippen LogP contribution is 2.23. The molecule has 0 N–H and O–H groups in total. The SMILES string of the molecule is CC[C@H](C(=O)N1CCN(Cc2ccccc2)CC1)c1ccccc1. The van der Waals surface area contributed by atoms with Crippen LogP contribution in [0.3, 0.4) is 0 Å². The van der Waals surface area contributed by atoms with E-state index in [1.165, 1.54) is 5.56 Å². The first kappa shape index (κ1) is 16.7. The summed E-state index contributed by atoms with van der Waals surface area (Å²) >= 11 is 0. The van der Waals surface area contributed by atoms with Gasteiger partial charge in [0.1, 0.15) is 0 Å². The minimum Gasteiger partial charge on any atom is -0.340 e. The molecule has 0 radical (unpaired) electrons. The minimum atomic E-state index is -0.00752. The lowest BCUT2D eigenvalue weighted by Crippen LogP contribution is -2.49. The Morgan fingerprint density at radius 2 is 1.50 bits per heavy atom. The maximum Gasteiger partial charge on any atom is 0.230 e. The van der Waals surface area contributed by atoms with Crippen molar-refractivity contribution in [2.24, 2.45) is 0 Å². The fraction of sp³-hybridized carbons (Fsp3) is 0.381. The van der Waals surface area contributed by atoms with Crippen LogP contribution in [-0.4, -0.2) is 41.9 Å². The topological polar surface area (TPSA) is 23.6 Å². The molecule has 1 heterocycles. The lowest BCUT2D eigenvalue weighted by molar-refractivity contribution is -0.134. The molecule has 126 valence electrons. The van der Waals surface area contributed by atoms with E-state index in [0.29, 0.717) is 0 Å². The van der Waals surface area contributed by atoms with Crippen LogP contribution < -0.4 is 0 Å². The highest BCUT2D eigenvalue weighted by molar-refractivity contribution is 5.83. The van der Waals surface area contributed by atoms with Crippen LogP contribution in [0.2, 0.25) is 0 Å². The Labute approximate surface area is 144 Å². The summed E-state index contributed by atoms with van der Waals surface area (Å²) in [6.07, 6.45) is 0.854. The van der Waals surface area contributed by atoms with Gasteiger partial charge in [-0.05, 0) is 17.5 Å². The van der Waals surface area contributed by atoms with Crippen LogP contribution in [0.15, 0.2) is 60.7 Å². The van der Waals surface area contributed by atoms with Gasteiger partial charge in [0, 0.05) is 32.7 Å². The number of rotatable bonds is 5. The monoisotopic (exact) mass is 322 g/mol. The lowest BCUT2D eigenvalue weighted by atomic mass is 9.95. The number of hydrogen-bond acceptors (Lipinski definition) is 2. The molecule has 2 aromatic rings. The molecule has 3 heteroatoms. The molecule has 1 aliphatic heterocycles. The van der Waals surface area contributed by atoms with Gasteiger partial charge in [-0.25, -0.2) is 0 Å². The van der Waals surface area contributed by atoms with Crippen molar-refractivity contribution >= 4 is 5.91 Å². The average Bonchev–Trinajstić information content (AvgIpc) is 2.65. The fourth-order valence-electron chi connectivity index (χ4n) is 3.43. The van der Waals surface area contributed by atoms with Crippen LogP contribution in [0.25, 0.3) is 0 Å². The molecule has 0 aromatic heterocycles. The summed E-state index contributed by atoms with van der Waals surface area (Å²) in [5.41, 5.74) is 2.48. The minimum absolute atomic E-state index is 0.00752. The maximum atomic E-state index is 12.9. The first-order valence-electron chi connectivity index (χ1n) is 8.88. The van der Waals surface area contributed by atoms with Crippen LogP contribution in [-0.2, 0) is 11.3 Å². The van der Waals surface area contributed by atoms with Gasteiger partial charge in [-0.2, -0.15) is 0 Å². The van der Waals surface area contributed by atoms with Crippen molar-refractivity contribution < 1.29 is 4.79 Å². The van der Waals surface area contributed by atoms with Crippen LogP contribution in [0.5, 0.6) is 0 Å². The van der Waals surface area contributed by atoms with Gasteiger partial charge >= 0.3 is 0 Å². The largest absolute Gasteiger partial charge is 0.340 e. The zero-order valence-corrected chi connectivity index (χ0v) is 14.4. The number of benzene rings is 2. The molecule has 0 aliphatic carbocycles. The van der Waals surface area contributed by atoms with E-state index >= 15 is 0 Å². The smallest absolute Gasteiger partial charge is 0.230 e. The van der Waals surface area contributed by atoms with E-state index in [4.69, 9.17) is 0 Å². The quantitative estimate of drug-likeness (QED) is 0.841. The van der Waals surface area contributed by atoms with Gasteiger partial charge in [0.25, 0.3) is 0 Å². The van der Waals surface area contributed by atoms with Crippen LogP contribution in [0.1, 0.15) is 30.4 Å². The van der Waals surface area contributed by atoms with E-state index in [1.54, 1.807) is 0 Å². The van der Waals surface area contributed by atoms with Crippen molar-refractivity contribution in [1.82, 2.24) is 9.80 Å². The second kappa shape index (κ2) is 8.11. The van der Waals surface area contributed by atoms with Crippen molar-refractivity contribution in [1.29, 1.82) is 0 Å². The van der Waals surface area contributed by atoms with Gasteiger partial charge in [0.15, 0.2) is 0 Å². The molecule has 0 saturated carbocycles. The molecule has 0 spiro atoms. The molecule has 1 atom stereocenters. The summed E-state index contributed by atoms with van der Waals surface area (Å²) in [7, 11) is 0. The highest BCUT2D eigenvalue weighted by Gasteiger charge is 2.27. The molecule has 24 heavy (non-hydrogen) atoms. The summed E-state index contributed by atoms with van der Waals surface area (Å²) < 4.78 is 0. The lowest BCUT2D eigenvalue weighted by Gasteiger charge is -2.36. The van der Waals surface area contributed by atoms with Crippen molar-refractivity contribution in [3.05, 3.63) is 71.8 Å². The summed E-state index contributed by atoms with van der Waals surface area (Å²) in [5.74, 6) is 0.273. The Hall–Kier alpha value is -2.13. The van der Waals surface area contributed by atoms with Crippen LogP contribution in [0.4, 0.5) is 0 Å². The predicted octanol–water partition coefficient (Wildman–Crippen LogP) is 3.52. The second-order valence-corrected chi connectivity index (χ2v) is 6.46. The molecule has 1 amide bonds. The van der Waals surface area contributed by atoms with E-state index < -0.39 is 0 Å². The normalized spacial score (nSPS) is 16.8. The van der Waals surface area contributed by atoms with Crippen molar-refractivity contribution in [3.8, 4) is 0 Å². The van der Waals surface area contributed by atoms with Crippen LogP contribution in [0, 0.1) is 0 Å². The third kappa shape index (κ3) is 4.04. The third-order valence-corrected chi connectivity index (χ3v) is 4.84. The highest BCUT2D eigenvalue weighted by atomic mass is 16.2. The average molecular weight is 322 g/mol. The maximum absolute atomic E-state index is 12.9. The first-order valence-corrected chi connectivity index (χ1v) is 8.88. The standard InChI is InChI=1S/C21H26N2O/c1-2-20(19-11-7-4-8-12-19)21(24)23-15-13-22(14-16-23)17-18-9-5-3-6-10-18/h3-12,20H,2,13-17H2,1H3/t20-/m0/s1. The molecule has 1 fully saturated rings. The fourth-order valence-corrected chi connectivity index (χ4v) is 3.43. The van der Waals surface area contributed by atoms with Crippen LogP contribution >= 0.6 is 0 Å². The Bertz CT molecular complexity index is 633. The summed E-state index contributed by atoms with van der Waals surface area (Å²) in [5, 5.41) is 0. The van der Waals surface area contributed by atoms with Crippen molar-refractivity contribution in [2.75, 3.05) is 26.2 Å². The van der Waals surface area contributed by atoms with Gasteiger partial charge in [-0.15, -0.1) is 0 Å².